The van der Waals surface area contributed by atoms with E-state index in [1.165, 1.54) is 23.8 Å². The molecule has 0 bridgehead atoms. The fourth-order valence-electron chi connectivity index (χ4n) is 2.45. The molecule has 0 spiro atoms. The van der Waals surface area contributed by atoms with Crippen molar-refractivity contribution < 1.29 is 4.74 Å². The van der Waals surface area contributed by atoms with E-state index in [0.717, 1.165) is 42.6 Å². The van der Waals surface area contributed by atoms with Gasteiger partial charge < -0.3 is 10.1 Å². The van der Waals surface area contributed by atoms with E-state index in [-0.39, 0.29) is 0 Å². The molecule has 1 N–H and O–H groups in total. The van der Waals surface area contributed by atoms with Gasteiger partial charge in [0.15, 0.2) is 0 Å². The predicted octanol–water partition coefficient (Wildman–Crippen LogP) is 3.80. The first-order chi connectivity index (χ1) is 9.84. The summed E-state index contributed by atoms with van der Waals surface area (Å²) in [5.74, 6) is 0. The molecule has 0 amide bonds. The van der Waals surface area contributed by atoms with Gasteiger partial charge in [-0.15, -0.1) is 0 Å². The van der Waals surface area contributed by atoms with Gasteiger partial charge in [-0.25, -0.2) is 0 Å². The minimum absolute atomic E-state index is 0.762. The van der Waals surface area contributed by atoms with E-state index in [2.05, 4.69) is 29.6 Å². The minimum atomic E-state index is 0.762. The maximum Gasteiger partial charge on any atom is 0.0591 e. The number of hydrogen-bond acceptors (Lipinski definition) is 2. The maximum absolute atomic E-state index is 6.23. The lowest BCUT2D eigenvalue weighted by molar-refractivity contribution is 0.139. The Hall–Kier alpha value is -1.09. The number of hydrogen-bond donors (Lipinski definition) is 1. The molecule has 0 atom stereocenters. The summed E-state index contributed by atoms with van der Waals surface area (Å²) in [6.45, 7) is 2.52. The average Bonchev–Trinajstić information content (AvgIpc) is 3.29. The molecule has 3 heteroatoms. The van der Waals surface area contributed by atoms with Crippen LogP contribution in [-0.4, -0.2) is 25.8 Å². The quantitative estimate of drug-likeness (QED) is 0.783. The van der Waals surface area contributed by atoms with E-state index in [1.54, 1.807) is 0 Å². The van der Waals surface area contributed by atoms with Gasteiger partial charge in [-0.05, 0) is 36.3 Å². The summed E-state index contributed by atoms with van der Waals surface area (Å²) >= 11 is 6.23. The molecule has 2 aromatic carbocycles. The second kappa shape index (κ2) is 6.57. The number of halogens is 1. The predicted molar refractivity (Wildman–Crippen MR) is 84.5 cm³/mol. The molecule has 1 saturated carbocycles. The first-order valence-electron chi connectivity index (χ1n) is 7.32. The van der Waals surface area contributed by atoms with E-state index in [1.807, 2.05) is 12.1 Å². The molecule has 1 fully saturated rings. The van der Waals surface area contributed by atoms with E-state index < -0.39 is 0 Å². The van der Waals surface area contributed by atoms with Crippen molar-refractivity contribution in [3.63, 3.8) is 0 Å². The van der Waals surface area contributed by atoms with Gasteiger partial charge in [-0.1, -0.05) is 41.9 Å². The van der Waals surface area contributed by atoms with E-state index >= 15 is 0 Å². The Kier molecular flexibility index (Phi) is 4.56. The van der Waals surface area contributed by atoms with Gasteiger partial charge in [0.1, 0.15) is 0 Å². The zero-order valence-corrected chi connectivity index (χ0v) is 12.3. The van der Waals surface area contributed by atoms with Crippen molar-refractivity contribution in [3.05, 3.63) is 47.0 Å². The molecule has 0 unspecified atom stereocenters. The molecule has 20 heavy (non-hydrogen) atoms. The number of fused-ring (bicyclic) bond motifs is 1. The first-order valence-corrected chi connectivity index (χ1v) is 7.69. The number of rotatable bonds is 7. The Morgan fingerprint density at radius 2 is 1.85 bits per heavy atom. The summed E-state index contributed by atoms with van der Waals surface area (Å²) in [4.78, 5) is 0. The van der Waals surface area contributed by atoms with Crippen molar-refractivity contribution in [3.8, 4) is 0 Å². The van der Waals surface area contributed by atoms with Crippen LogP contribution < -0.4 is 5.32 Å². The third kappa shape index (κ3) is 3.51. The standard InChI is InChI=1S/C17H20ClNO/c18-17-8-5-13(15-3-1-2-4-16(15)17)9-11-20-12-10-19-14-6-7-14/h1-5,8,14,19H,6-7,9-12H2. The molecule has 1 aliphatic carbocycles. The molecule has 0 heterocycles. The molecule has 106 valence electrons. The van der Waals surface area contributed by atoms with E-state index in [0.29, 0.717) is 0 Å². The molecular weight excluding hydrogens is 270 g/mol. The lowest BCUT2D eigenvalue weighted by atomic mass is 10.0. The van der Waals surface area contributed by atoms with Gasteiger partial charge in [-0.2, -0.15) is 0 Å². The monoisotopic (exact) mass is 289 g/mol. The summed E-state index contributed by atoms with van der Waals surface area (Å²) in [5, 5.41) is 6.63. The van der Waals surface area contributed by atoms with Crippen molar-refractivity contribution >= 4 is 22.4 Å². The molecule has 2 nitrogen and oxygen atoms in total. The number of nitrogens with one attached hydrogen (secondary N) is 1. The van der Waals surface area contributed by atoms with Gasteiger partial charge in [0, 0.05) is 23.0 Å². The maximum atomic E-state index is 6.23. The molecule has 1 aliphatic rings. The minimum Gasteiger partial charge on any atom is -0.380 e. The van der Waals surface area contributed by atoms with Gasteiger partial charge in [0.05, 0.1) is 13.2 Å². The highest BCUT2D eigenvalue weighted by molar-refractivity contribution is 6.35. The van der Waals surface area contributed by atoms with Gasteiger partial charge in [-0.3, -0.25) is 0 Å². The number of benzene rings is 2. The molecule has 0 aliphatic heterocycles. The van der Waals surface area contributed by atoms with Crippen LogP contribution in [0.4, 0.5) is 0 Å². The van der Waals surface area contributed by atoms with Gasteiger partial charge in [0.25, 0.3) is 0 Å². The highest BCUT2D eigenvalue weighted by atomic mass is 35.5. The molecule has 2 aromatic rings. The van der Waals surface area contributed by atoms with Crippen molar-refractivity contribution in [2.24, 2.45) is 0 Å². The average molecular weight is 290 g/mol. The Balaban J connectivity index is 1.53. The Morgan fingerprint density at radius 3 is 2.65 bits per heavy atom. The summed E-state index contributed by atoms with van der Waals surface area (Å²) in [6, 6.07) is 13.1. The van der Waals surface area contributed by atoms with Crippen molar-refractivity contribution in [2.75, 3.05) is 19.8 Å². The van der Waals surface area contributed by atoms with E-state index in [4.69, 9.17) is 16.3 Å². The van der Waals surface area contributed by atoms with Crippen molar-refractivity contribution in [1.82, 2.24) is 5.32 Å². The van der Waals surface area contributed by atoms with E-state index in [9.17, 15) is 0 Å². The fraction of sp³-hybridized carbons (Fsp3) is 0.412. The lowest BCUT2D eigenvalue weighted by Crippen LogP contribution is -2.22. The molecule has 3 rings (SSSR count). The highest BCUT2D eigenvalue weighted by Gasteiger charge is 2.19. The van der Waals surface area contributed by atoms with Crippen LogP contribution in [0.2, 0.25) is 5.02 Å². The highest BCUT2D eigenvalue weighted by Crippen LogP contribution is 2.26. The topological polar surface area (TPSA) is 21.3 Å². The van der Waals surface area contributed by atoms with Crippen molar-refractivity contribution in [1.29, 1.82) is 0 Å². The largest absolute Gasteiger partial charge is 0.380 e. The SMILES string of the molecule is Clc1ccc(CCOCCNC2CC2)c2ccccc12. The van der Waals surface area contributed by atoms with Crippen LogP contribution in [0.25, 0.3) is 10.8 Å². The van der Waals surface area contributed by atoms with Crippen LogP contribution in [-0.2, 0) is 11.2 Å². The van der Waals surface area contributed by atoms with Crippen LogP contribution in [0, 0.1) is 0 Å². The van der Waals surface area contributed by atoms with Crippen LogP contribution in [0.15, 0.2) is 36.4 Å². The molecule has 0 saturated heterocycles. The third-order valence-electron chi connectivity index (χ3n) is 3.73. The summed E-state index contributed by atoms with van der Waals surface area (Å²) in [6.07, 6.45) is 3.59. The Morgan fingerprint density at radius 1 is 1.05 bits per heavy atom. The molecule has 0 aromatic heterocycles. The van der Waals surface area contributed by atoms with Crippen LogP contribution >= 0.6 is 11.6 Å². The zero-order valence-electron chi connectivity index (χ0n) is 11.6. The van der Waals surface area contributed by atoms with Gasteiger partial charge in [0.2, 0.25) is 0 Å². The Bertz CT molecular complexity index is 580. The first kappa shape index (κ1) is 13.9. The zero-order chi connectivity index (χ0) is 13.8. The van der Waals surface area contributed by atoms with Crippen LogP contribution in [0.5, 0.6) is 0 Å². The summed E-state index contributed by atoms with van der Waals surface area (Å²) in [7, 11) is 0. The van der Waals surface area contributed by atoms with Crippen molar-refractivity contribution in [2.45, 2.75) is 25.3 Å². The van der Waals surface area contributed by atoms with Crippen LogP contribution in [0.1, 0.15) is 18.4 Å². The normalized spacial score (nSPS) is 14.8. The number of ether oxygens (including phenoxy) is 1. The van der Waals surface area contributed by atoms with Crippen LogP contribution in [0.3, 0.4) is 0 Å². The fourth-order valence-corrected chi connectivity index (χ4v) is 2.68. The Labute approximate surface area is 125 Å². The lowest BCUT2D eigenvalue weighted by Gasteiger charge is -2.09. The smallest absolute Gasteiger partial charge is 0.0591 e. The van der Waals surface area contributed by atoms with Gasteiger partial charge >= 0.3 is 0 Å². The molecule has 0 radical (unpaired) electrons. The summed E-state index contributed by atoms with van der Waals surface area (Å²) in [5.41, 5.74) is 1.31. The third-order valence-corrected chi connectivity index (χ3v) is 4.06. The summed E-state index contributed by atoms with van der Waals surface area (Å²) < 4.78 is 5.70. The second-order valence-electron chi connectivity index (χ2n) is 5.34. The molecular formula is C17H20ClNO. The second-order valence-corrected chi connectivity index (χ2v) is 5.75.